The maximum Gasteiger partial charge on any atom is 0.408 e. The predicted molar refractivity (Wildman–Crippen MR) is 397 cm³/mol. The highest BCUT2D eigenvalue weighted by molar-refractivity contribution is 6.68. The number of hydrogen-bond donors (Lipinski definition) is 6. The summed E-state index contributed by atoms with van der Waals surface area (Å²) in [6.45, 7) is 32.4. The maximum atomic E-state index is 12.4. The van der Waals surface area contributed by atoms with E-state index in [0.717, 1.165) is 77.3 Å². The first kappa shape index (κ1) is 93.1. The third-order valence-electron chi connectivity index (χ3n) is 18.5. The first-order chi connectivity index (χ1) is 48.5. The van der Waals surface area contributed by atoms with Gasteiger partial charge in [-0.2, -0.15) is 0 Å². The first-order valence-corrected chi connectivity index (χ1v) is 36.5. The van der Waals surface area contributed by atoms with Crippen molar-refractivity contribution < 1.29 is 91.1 Å². The summed E-state index contributed by atoms with van der Waals surface area (Å²) in [6, 6.07) is -0.194. The van der Waals surface area contributed by atoms with E-state index < -0.39 is 89.6 Å². The Hall–Kier alpha value is -6.15. The first-order valence-electron chi connectivity index (χ1n) is 34.2. The average Bonchev–Trinajstić information content (AvgIpc) is 1.34. The van der Waals surface area contributed by atoms with Crippen LogP contribution in [0.1, 0.15) is 151 Å². The van der Waals surface area contributed by atoms with Crippen LogP contribution in [0, 0.1) is 0 Å². The molecule has 10 rings (SSSR count). The van der Waals surface area contributed by atoms with Crippen LogP contribution in [0.3, 0.4) is 0 Å². The van der Waals surface area contributed by atoms with Gasteiger partial charge >= 0.3 is 42.0 Å². The Bertz CT molecular complexity index is 3100. The standard InChI is InChI=1S/C16H26N2O5.C10H12Cl3NO2.2C10H14N2O2.C9H15NO2.C7H8Cl3NO2.C7H13NO4.ClH/c1-6-8-16(13(20)22-5)9-7-10-18(16)12(19)11-17-14(21)23-15(2,3)4;1-2-4-9-5-3-6-14(9)7(10(11,12)13)16-8(9)15;2*1-2-4-10-5-3-6-12(10)8(13)7-11-9(10)14;1-3-5-9(8(11)12-2)6-4-7-10-9;8-7(9,10)6-11-3-1-2-4(11)5(12)13-6;1-7(2,3)12-6(11)8-4-5(9)10;/h6H,1,7-11H2,2-5H3,(H,17,21);2,7H,1,3-6H2;2*2H,1,3-7H2,(H,11,14);3,10H,1,4-7H2,2H3;4,6H,1-3H2;4H2,1-3H3,(H,8,11)(H,9,10);1H/t;7-,9?;10-;;;4-,6+;;/m.10..0../s1. The summed E-state index contributed by atoms with van der Waals surface area (Å²) in [5.41, 5.74) is -4.62. The second-order valence-corrected chi connectivity index (χ2v) is 32.7. The van der Waals surface area contributed by atoms with Crippen LogP contribution >= 0.6 is 82.0 Å². The van der Waals surface area contributed by atoms with Gasteiger partial charge in [-0.15, -0.1) is 45.3 Å². The number of hydrogen-bond acceptors (Lipinski definition) is 21. The highest BCUT2D eigenvalue weighted by Crippen LogP contribution is 2.48. The molecular formula is C69H103Cl7N10O19. The molecule has 36 heteroatoms. The molecule has 10 heterocycles. The van der Waals surface area contributed by atoms with Gasteiger partial charge in [-0.25, -0.2) is 24.1 Å². The number of ether oxygens (including phenoxy) is 6. The van der Waals surface area contributed by atoms with Crippen LogP contribution in [0.5, 0.6) is 0 Å². The van der Waals surface area contributed by atoms with Crippen molar-refractivity contribution in [3.63, 3.8) is 0 Å². The topological polar surface area (TPSA) is 357 Å². The van der Waals surface area contributed by atoms with Crippen LogP contribution < -0.4 is 26.6 Å². The lowest BCUT2D eigenvalue weighted by Crippen LogP contribution is -2.64. The van der Waals surface area contributed by atoms with Gasteiger partial charge in [0.05, 0.1) is 27.3 Å². The molecule has 0 aliphatic carbocycles. The van der Waals surface area contributed by atoms with Crippen molar-refractivity contribution in [2.24, 2.45) is 0 Å². The van der Waals surface area contributed by atoms with E-state index in [1.54, 1.807) is 81.7 Å². The smallest absolute Gasteiger partial charge is 0.408 e. The van der Waals surface area contributed by atoms with Gasteiger partial charge in [0, 0.05) is 32.7 Å². The Balaban J connectivity index is 0.000000321. The second-order valence-electron chi connectivity index (χ2n) is 27.9. The number of carboxylic acid groups (broad SMARTS) is 1. The monoisotopic (exact) mass is 1620 g/mol. The molecule has 8 atom stereocenters. The molecular weight excluding hydrogens is 1520 g/mol. The largest absolute Gasteiger partial charge is 0.480 e. The van der Waals surface area contributed by atoms with Crippen LogP contribution in [-0.2, 0) is 76.4 Å². The number of halogens is 7. The van der Waals surface area contributed by atoms with E-state index in [-0.39, 0.29) is 85.5 Å². The fourth-order valence-electron chi connectivity index (χ4n) is 14.1. The summed E-state index contributed by atoms with van der Waals surface area (Å²) < 4.78 is 26.5. The number of nitrogens with one attached hydrogen (secondary N) is 5. The number of carboxylic acids is 1. The summed E-state index contributed by atoms with van der Waals surface area (Å²) in [5.74, 6) is -2.62. The molecule has 0 saturated carbocycles. The van der Waals surface area contributed by atoms with Crippen LogP contribution in [0.25, 0.3) is 0 Å². The minimum Gasteiger partial charge on any atom is -0.480 e. The van der Waals surface area contributed by atoms with Crippen molar-refractivity contribution in [2.45, 2.75) is 216 Å². The zero-order chi connectivity index (χ0) is 78.5. The number of amides is 7. The Morgan fingerprint density at radius 2 is 1.03 bits per heavy atom. The minimum atomic E-state index is -1.61. The van der Waals surface area contributed by atoms with Crippen LogP contribution in [0.4, 0.5) is 9.59 Å². The van der Waals surface area contributed by atoms with Crippen molar-refractivity contribution in [1.82, 2.24) is 51.1 Å². The molecule has 0 aromatic carbocycles. The Labute approximate surface area is 650 Å². The molecule has 7 amide bonds. The van der Waals surface area contributed by atoms with Gasteiger partial charge < -0.3 is 74.8 Å². The molecule has 0 bridgehead atoms. The highest BCUT2D eigenvalue weighted by Gasteiger charge is 2.62. The lowest BCUT2D eigenvalue weighted by atomic mass is 9.89. The van der Waals surface area contributed by atoms with Gasteiger partial charge in [-0.3, -0.25) is 43.3 Å². The van der Waals surface area contributed by atoms with Gasteiger partial charge in [0.2, 0.25) is 49.6 Å². The Morgan fingerprint density at radius 3 is 1.47 bits per heavy atom. The number of likely N-dealkylation sites (tertiary alicyclic amines) is 1. The molecule has 0 aromatic heterocycles. The quantitative estimate of drug-likeness (QED) is 0.0369. The normalized spacial score (nSPS) is 27.0. The maximum absolute atomic E-state index is 12.4. The number of fused-ring (bicyclic) bond motifs is 4. The Kier molecular flexibility index (Phi) is 35.7. The van der Waals surface area contributed by atoms with E-state index in [1.807, 2.05) is 9.80 Å². The molecule has 0 radical (unpaired) electrons. The summed E-state index contributed by atoms with van der Waals surface area (Å²) in [6.07, 6.45) is 18.1. The molecule has 105 heavy (non-hydrogen) atoms. The molecule has 0 aromatic rings. The second kappa shape index (κ2) is 40.3. The lowest BCUT2D eigenvalue weighted by Gasteiger charge is -2.40. The molecule has 592 valence electrons. The fourth-order valence-corrected chi connectivity index (χ4v) is 15.1. The molecule has 0 spiro atoms. The number of carbonyl (C=O) groups is 12. The van der Waals surface area contributed by atoms with E-state index in [0.29, 0.717) is 71.1 Å². The number of alkyl carbamates (subject to hydrolysis) is 2. The molecule has 10 aliphatic rings. The highest BCUT2D eigenvalue weighted by atomic mass is 35.6. The third kappa shape index (κ3) is 24.2. The van der Waals surface area contributed by atoms with E-state index >= 15 is 0 Å². The van der Waals surface area contributed by atoms with Crippen LogP contribution in [-0.4, -0.2) is 246 Å². The zero-order valence-electron chi connectivity index (χ0n) is 61.0. The summed E-state index contributed by atoms with van der Waals surface area (Å²) in [7, 11) is 2.72. The number of methoxy groups -OCH3 is 2. The number of esters is 4. The van der Waals surface area contributed by atoms with Gasteiger partial charge in [0.1, 0.15) is 58.0 Å². The average molecular weight is 1620 g/mol. The molecule has 10 saturated heterocycles. The number of piperazine rings is 2. The van der Waals surface area contributed by atoms with Gasteiger partial charge in [0.25, 0.3) is 0 Å². The number of carbonyl (C=O) groups excluding carboxylic acids is 11. The van der Waals surface area contributed by atoms with Crippen molar-refractivity contribution >= 4 is 154 Å². The van der Waals surface area contributed by atoms with Crippen molar-refractivity contribution in [3.05, 3.63) is 63.3 Å². The third-order valence-corrected chi connectivity index (χ3v) is 19.6. The van der Waals surface area contributed by atoms with Gasteiger partial charge in [-0.05, 0) is 157 Å². The van der Waals surface area contributed by atoms with E-state index in [2.05, 4.69) is 59.5 Å². The number of alkyl halides is 6. The molecule has 6 N–H and O–H groups in total. The van der Waals surface area contributed by atoms with E-state index in [4.69, 9.17) is 103 Å². The van der Waals surface area contributed by atoms with E-state index in [1.165, 1.54) is 19.1 Å². The number of nitrogens with zero attached hydrogens (tertiary/aromatic N) is 5. The van der Waals surface area contributed by atoms with Crippen LogP contribution in [0.15, 0.2) is 63.3 Å². The summed E-state index contributed by atoms with van der Waals surface area (Å²) in [5, 5.41) is 21.2. The Morgan fingerprint density at radius 1 is 0.571 bits per heavy atom. The minimum absolute atomic E-state index is 0. The summed E-state index contributed by atoms with van der Waals surface area (Å²) >= 11 is 34.5. The van der Waals surface area contributed by atoms with Gasteiger partial charge in [0.15, 0.2) is 0 Å². The number of cyclic esters (lactones) is 2. The molecule has 29 nitrogen and oxygen atoms in total. The van der Waals surface area contributed by atoms with Crippen molar-refractivity contribution in [1.29, 1.82) is 0 Å². The molecule has 4 unspecified atom stereocenters. The summed E-state index contributed by atoms with van der Waals surface area (Å²) in [4.78, 5) is 147. The SMILES string of the molecule is C=CCC1(C(=O)OC)CCCN1.C=CCC1(C(=O)OC)CCCN1C(=O)CNC(=O)OC(C)(C)C.C=CCC12CCCN1C(=O)CNC2=O.C=CCC12CCCN1[C@@H](C(Cl)(Cl)Cl)OC2=O.C=CC[C@@]12CCCN1C(=O)CNC2=O.CC(C)(C)OC(=O)NCC(=O)O.Cl.O=C1O[C@H](C(Cl)(Cl)Cl)N2CCC[C@@H]12. The van der Waals surface area contributed by atoms with E-state index in [9.17, 15) is 57.5 Å². The zero-order valence-corrected chi connectivity index (χ0v) is 66.3. The fraction of sp³-hybridized carbons (Fsp3) is 0.681. The number of rotatable bonds is 16. The lowest BCUT2D eigenvalue weighted by molar-refractivity contribution is -0.159. The van der Waals surface area contributed by atoms with Crippen LogP contribution in [0.2, 0.25) is 0 Å². The van der Waals surface area contributed by atoms with Crippen molar-refractivity contribution in [3.8, 4) is 0 Å². The predicted octanol–water partition coefficient (Wildman–Crippen LogP) is 7.96. The van der Waals surface area contributed by atoms with Gasteiger partial charge in [-0.1, -0.05) is 100.0 Å². The van der Waals surface area contributed by atoms with Crippen molar-refractivity contribution in [2.75, 3.05) is 79.7 Å². The number of aliphatic carboxylic acids is 1. The molecule has 10 fully saturated rings. The molecule has 10 aliphatic heterocycles.